The van der Waals surface area contributed by atoms with Crippen LogP contribution in [0.15, 0.2) is 43.0 Å². The van der Waals surface area contributed by atoms with E-state index in [1.54, 1.807) is 11.0 Å². The maximum Gasteiger partial charge on any atom is 0.410 e. The van der Waals surface area contributed by atoms with Crippen molar-refractivity contribution in [2.75, 3.05) is 6.54 Å². The largest absolute Gasteiger partial charge is 0.444 e. The zero-order valence-electron chi connectivity index (χ0n) is 16.4. The van der Waals surface area contributed by atoms with Crippen LogP contribution in [0.2, 0.25) is 0 Å². The van der Waals surface area contributed by atoms with Gasteiger partial charge in [-0.25, -0.2) is 4.79 Å². The first-order valence-corrected chi connectivity index (χ1v) is 10.1. The minimum absolute atomic E-state index is 0.375. The van der Waals surface area contributed by atoms with Crippen LogP contribution in [0.3, 0.4) is 0 Å². The quantitative estimate of drug-likeness (QED) is 0.436. The number of carbonyl (C=O) groups excluding carboxylic acids is 2. The van der Waals surface area contributed by atoms with Gasteiger partial charge in [-0.3, -0.25) is 4.79 Å². The predicted molar refractivity (Wildman–Crippen MR) is 115 cm³/mol. The van der Waals surface area contributed by atoms with E-state index in [-0.39, 0.29) is 6.04 Å². The molecular weight excluding hydrogens is 423 g/mol. The molecule has 0 aromatic heterocycles. The number of halogens is 3. The van der Waals surface area contributed by atoms with Gasteiger partial charge in [0, 0.05) is 19.1 Å². The summed E-state index contributed by atoms with van der Waals surface area (Å²) in [5, 5.41) is 2.61. The third kappa shape index (κ3) is 9.67. The summed E-state index contributed by atoms with van der Waals surface area (Å²) in [4.78, 5) is 26.0. The molecule has 0 aliphatic heterocycles. The summed E-state index contributed by atoms with van der Waals surface area (Å²) in [6.45, 7) is 10.0. The minimum Gasteiger partial charge on any atom is -0.444 e. The summed E-state index contributed by atoms with van der Waals surface area (Å²) in [5.41, 5.74) is 0.409. The lowest BCUT2D eigenvalue weighted by Crippen LogP contribution is -2.41. The zero-order chi connectivity index (χ0) is 21.4. The molecule has 1 atom stereocenters. The molecule has 28 heavy (non-hydrogen) atoms. The molecule has 5 nitrogen and oxygen atoms in total. The number of amides is 2. The van der Waals surface area contributed by atoms with E-state index in [1.165, 1.54) is 0 Å². The Hall–Kier alpha value is -1.43. The van der Waals surface area contributed by atoms with E-state index in [9.17, 15) is 9.59 Å². The van der Waals surface area contributed by atoms with E-state index >= 15 is 0 Å². The summed E-state index contributed by atoms with van der Waals surface area (Å²) in [7, 11) is 0. The van der Waals surface area contributed by atoms with Crippen molar-refractivity contribution in [2.45, 2.75) is 55.6 Å². The van der Waals surface area contributed by atoms with Crippen molar-refractivity contribution < 1.29 is 14.3 Å². The molecular formula is C20H27Cl3N2O3. The first-order valence-electron chi connectivity index (χ1n) is 8.94. The second-order valence-electron chi connectivity index (χ2n) is 7.34. The van der Waals surface area contributed by atoms with Gasteiger partial charge in [0.1, 0.15) is 5.60 Å². The van der Waals surface area contributed by atoms with E-state index in [4.69, 9.17) is 39.5 Å². The molecule has 0 heterocycles. The Labute approximate surface area is 182 Å². The maximum absolute atomic E-state index is 12.6. The van der Waals surface area contributed by atoms with Crippen molar-refractivity contribution in [1.29, 1.82) is 0 Å². The number of hydrogen-bond acceptors (Lipinski definition) is 3. The van der Waals surface area contributed by atoms with Crippen molar-refractivity contribution in [3.63, 3.8) is 0 Å². The second kappa shape index (κ2) is 10.9. The lowest BCUT2D eigenvalue weighted by molar-refractivity contribution is -0.120. The normalized spacial score (nSPS) is 12.8. The van der Waals surface area contributed by atoms with Crippen LogP contribution in [0.4, 0.5) is 4.79 Å². The molecule has 0 saturated carbocycles. The molecule has 1 aromatic rings. The number of hydrogen-bond donors (Lipinski definition) is 1. The Morgan fingerprint density at radius 3 is 2.32 bits per heavy atom. The molecule has 1 N–H and O–H groups in total. The Morgan fingerprint density at radius 1 is 1.21 bits per heavy atom. The predicted octanol–water partition coefficient (Wildman–Crippen LogP) is 5.24. The lowest BCUT2D eigenvalue weighted by atomic mass is 10.1. The van der Waals surface area contributed by atoms with Crippen molar-refractivity contribution in [3.8, 4) is 0 Å². The number of carbonyl (C=O) groups is 2. The van der Waals surface area contributed by atoms with E-state index in [0.717, 1.165) is 5.56 Å². The Bertz CT molecular complexity index is 655. The van der Waals surface area contributed by atoms with Gasteiger partial charge >= 0.3 is 6.09 Å². The molecule has 0 fully saturated rings. The maximum atomic E-state index is 12.6. The fourth-order valence-electron chi connectivity index (χ4n) is 2.37. The minimum atomic E-state index is -2.03. The smallest absolute Gasteiger partial charge is 0.410 e. The molecule has 156 valence electrons. The van der Waals surface area contributed by atoms with Gasteiger partial charge in [-0.15, -0.1) is 6.58 Å². The molecule has 1 rings (SSSR count). The van der Waals surface area contributed by atoms with Crippen LogP contribution in [-0.4, -0.2) is 38.9 Å². The van der Waals surface area contributed by atoms with Crippen LogP contribution < -0.4 is 5.32 Å². The number of rotatable bonds is 8. The van der Waals surface area contributed by atoms with Crippen LogP contribution in [0.1, 0.15) is 39.2 Å². The van der Waals surface area contributed by atoms with E-state index < -0.39 is 21.4 Å². The molecule has 0 bridgehead atoms. The van der Waals surface area contributed by atoms with Crippen molar-refractivity contribution in [2.24, 2.45) is 0 Å². The van der Waals surface area contributed by atoms with Gasteiger partial charge in [0.05, 0.1) is 0 Å². The van der Waals surface area contributed by atoms with Crippen LogP contribution in [0, 0.1) is 0 Å². The average Bonchev–Trinajstić information content (AvgIpc) is 2.58. The van der Waals surface area contributed by atoms with Gasteiger partial charge < -0.3 is 15.0 Å². The summed E-state index contributed by atoms with van der Waals surface area (Å²) in [6.07, 6.45) is 2.31. The molecule has 2 amide bonds. The van der Waals surface area contributed by atoms with Crippen molar-refractivity contribution >= 4 is 46.8 Å². The SMILES string of the molecule is C=CC(CCCN(Cc1ccccc1)C(=O)OC(C)(C)C)NC(=O)C(Cl)(Cl)Cl. The van der Waals surface area contributed by atoms with Gasteiger partial charge in [0.15, 0.2) is 0 Å². The molecule has 0 spiro atoms. The van der Waals surface area contributed by atoms with Gasteiger partial charge in [-0.1, -0.05) is 71.2 Å². The van der Waals surface area contributed by atoms with E-state index in [1.807, 2.05) is 51.1 Å². The summed E-state index contributed by atoms with van der Waals surface area (Å²) < 4.78 is 3.48. The summed E-state index contributed by atoms with van der Waals surface area (Å²) in [5.74, 6) is -0.712. The van der Waals surface area contributed by atoms with E-state index in [2.05, 4.69) is 11.9 Å². The molecule has 8 heteroatoms. The first kappa shape index (κ1) is 24.6. The van der Waals surface area contributed by atoms with Crippen LogP contribution in [0.5, 0.6) is 0 Å². The molecule has 0 aliphatic rings. The zero-order valence-corrected chi connectivity index (χ0v) is 18.7. The molecule has 0 saturated heterocycles. The number of ether oxygens (including phenoxy) is 1. The highest BCUT2D eigenvalue weighted by Crippen LogP contribution is 2.26. The van der Waals surface area contributed by atoms with Gasteiger partial charge in [-0.05, 0) is 39.2 Å². The van der Waals surface area contributed by atoms with Crippen LogP contribution in [-0.2, 0) is 16.1 Å². The van der Waals surface area contributed by atoms with Crippen LogP contribution in [0.25, 0.3) is 0 Å². The number of benzene rings is 1. The van der Waals surface area contributed by atoms with Crippen molar-refractivity contribution in [3.05, 3.63) is 48.6 Å². The molecule has 1 unspecified atom stereocenters. The van der Waals surface area contributed by atoms with Crippen LogP contribution >= 0.6 is 34.8 Å². The number of nitrogens with one attached hydrogen (secondary N) is 1. The molecule has 1 aromatic carbocycles. The molecule has 0 radical (unpaired) electrons. The Morgan fingerprint density at radius 2 is 1.82 bits per heavy atom. The Kier molecular flexibility index (Phi) is 9.61. The lowest BCUT2D eigenvalue weighted by Gasteiger charge is -2.28. The standard InChI is InChI=1S/C20H27Cl3N2O3/c1-5-16(24-17(26)20(21,22)23)12-9-13-25(18(27)28-19(2,3)4)14-15-10-7-6-8-11-15/h5-8,10-11,16H,1,9,12-14H2,2-4H3,(H,24,26). The monoisotopic (exact) mass is 448 g/mol. The highest BCUT2D eigenvalue weighted by atomic mass is 35.6. The molecule has 0 aliphatic carbocycles. The van der Waals surface area contributed by atoms with Crippen molar-refractivity contribution in [1.82, 2.24) is 10.2 Å². The van der Waals surface area contributed by atoms with Gasteiger partial charge in [0.25, 0.3) is 9.70 Å². The summed E-state index contributed by atoms with van der Waals surface area (Å²) >= 11 is 16.7. The van der Waals surface area contributed by atoms with Gasteiger partial charge in [0.2, 0.25) is 0 Å². The van der Waals surface area contributed by atoms with Gasteiger partial charge in [-0.2, -0.15) is 0 Å². The third-order valence-electron chi connectivity index (χ3n) is 3.67. The third-order valence-corrected chi connectivity index (χ3v) is 4.18. The highest BCUT2D eigenvalue weighted by molar-refractivity contribution is 6.76. The van der Waals surface area contributed by atoms with E-state index in [0.29, 0.717) is 25.9 Å². The summed E-state index contributed by atoms with van der Waals surface area (Å²) in [6, 6.07) is 9.28. The topological polar surface area (TPSA) is 58.6 Å². The fraction of sp³-hybridized carbons (Fsp3) is 0.500. The highest BCUT2D eigenvalue weighted by Gasteiger charge is 2.31. The number of nitrogens with zero attached hydrogens (tertiary/aromatic N) is 1. The average molecular weight is 450 g/mol. The number of alkyl halides is 3. The first-order chi connectivity index (χ1) is 12.9. The second-order valence-corrected chi connectivity index (χ2v) is 9.62. The Balaban J connectivity index is 2.70. The fourth-order valence-corrected chi connectivity index (χ4v) is 2.53.